The zero-order valence-corrected chi connectivity index (χ0v) is 11.9. The Balaban J connectivity index is 3.10. The minimum atomic E-state index is -0.167. The van der Waals surface area contributed by atoms with Gasteiger partial charge < -0.3 is 10.6 Å². The Morgan fingerprint density at radius 2 is 1.67 bits per heavy atom. The number of rotatable bonds is 6. The van der Waals surface area contributed by atoms with Crippen molar-refractivity contribution < 1.29 is 4.39 Å². The second-order valence-electron chi connectivity index (χ2n) is 5.64. The Morgan fingerprint density at radius 1 is 1.11 bits per heavy atom. The Kier molecular flexibility index (Phi) is 5.60. The molecule has 3 heteroatoms. The van der Waals surface area contributed by atoms with Crippen LogP contribution in [0.15, 0.2) is 18.2 Å². The van der Waals surface area contributed by atoms with Gasteiger partial charge in [0.1, 0.15) is 5.82 Å². The smallest absolute Gasteiger partial charge is 0.146 e. The van der Waals surface area contributed by atoms with E-state index in [2.05, 4.69) is 32.6 Å². The number of hydrogen-bond donors (Lipinski definition) is 1. The predicted octanol–water partition coefficient (Wildman–Crippen LogP) is 3.40. The molecular formula is C15H25FN2. The van der Waals surface area contributed by atoms with Crippen LogP contribution >= 0.6 is 0 Å². The number of nitrogens with two attached hydrogens (primary N) is 1. The summed E-state index contributed by atoms with van der Waals surface area (Å²) in [6, 6.07) is 5.15. The predicted molar refractivity (Wildman–Crippen MR) is 76.2 cm³/mol. The highest BCUT2D eigenvalue weighted by molar-refractivity contribution is 5.55. The van der Waals surface area contributed by atoms with Crippen LogP contribution in [0.1, 0.15) is 33.3 Å². The van der Waals surface area contributed by atoms with Gasteiger partial charge >= 0.3 is 0 Å². The molecule has 1 aromatic carbocycles. The molecule has 0 spiro atoms. The maximum absolute atomic E-state index is 14.1. The Morgan fingerprint density at radius 3 is 2.11 bits per heavy atom. The summed E-state index contributed by atoms with van der Waals surface area (Å²) < 4.78 is 14.1. The van der Waals surface area contributed by atoms with Crippen molar-refractivity contribution >= 4 is 5.69 Å². The molecule has 2 N–H and O–H groups in total. The Bertz CT molecular complexity index is 365. The lowest BCUT2D eigenvalue weighted by atomic mass is 10.1. The average Bonchev–Trinajstić information content (AvgIpc) is 2.26. The van der Waals surface area contributed by atoms with Crippen LogP contribution in [0, 0.1) is 17.7 Å². The fourth-order valence-electron chi connectivity index (χ4n) is 2.22. The van der Waals surface area contributed by atoms with Crippen molar-refractivity contribution in [3.63, 3.8) is 0 Å². The number of anilines is 1. The number of para-hydroxylation sites is 1. The molecule has 0 unspecified atom stereocenters. The van der Waals surface area contributed by atoms with Gasteiger partial charge in [0.05, 0.1) is 5.69 Å². The van der Waals surface area contributed by atoms with Crippen molar-refractivity contribution in [1.82, 2.24) is 0 Å². The molecule has 0 atom stereocenters. The molecular weight excluding hydrogens is 227 g/mol. The number of hydrogen-bond acceptors (Lipinski definition) is 2. The summed E-state index contributed by atoms with van der Waals surface area (Å²) in [6.45, 7) is 10.7. The molecule has 0 bridgehead atoms. The van der Waals surface area contributed by atoms with Crippen LogP contribution in [0.4, 0.5) is 10.1 Å². The highest BCUT2D eigenvalue weighted by atomic mass is 19.1. The fraction of sp³-hybridized carbons (Fsp3) is 0.600. The van der Waals surface area contributed by atoms with Crippen molar-refractivity contribution in [3.8, 4) is 0 Å². The average molecular weight is 252 g/mol. The van der Waals surface area contributed by atoms with E-state index in [1.165, 1.54) is 6.07 Å². The van der Waals surface area contributed by atoms with Crippen LogP contribution < -0.4 is 10.6 Å². The number of benzene rings is 1. The van der Waals surface area contributed by atoms with Gasteiger partial charge in [-0.05, 0) is 23.5 Å². The lowest BCUT2D eigenvalue weighted by molar-refractivity contribution is 0.535. The SMILES string of the molecule is CC(C)CN(CC(C)C)c1c(F)cccc1CN. The van der Waals surface area contributed by atoms with Crippen molar-refractivity contribution in [2.45, 2.75) is 34.2 Å². The molecule has 0 saturated carbocycles. The van der Waals surface area contributed by atoms with Gasteiger partial charge in [-0.25, -0.2) is 4.39 Å². The first-order chi connectivity index (χ1) is 8.45. The van der Waals surface area contributed by atoms with Crippen LogP contribution in [-0.4, -0.2) is 13.1 Å². The van der Waals surface area contributed by atoms with E-state index in [0.29, 0.717) is 24.1 Å². The van der Waals surface area contributed by atoms with Crippen LogP contribution in [0.3, 0.4) is 0 Å². The van der Waals surface area contributed by atoms with Crippen LogP contribution in [-0.2, 0) is 6.54 Å². The molecule has 0 fully saturated rings. The van der Waals surface area contributed by atoms with E-state index in [4.69, 9.17) is 5.73 Å². The zero-order valence-electron chi connectivity index (χ0n) is 11.9. The zero-order chi connectivity index (χ0) is 13.7. The van der Waals surface area contributed by atoms with E-state index in [9.17, 15) is 4.39 Å². The standard InChI is InChI=1S/C15H25FN2/c1-11(2)9-18(10-12(3)4)15-13(8-17)6-5-7-14(15)16/h5-7,11-12H,8-10,17H2,1-4H3. The first-order valence-electron chi connectivity index (χ1n) is 6.68. The third-order valence-corrected chi connectivity index (χ3v) is 2.78. The van der Waals surface area contributed by atoms with Gasteiger partial charge in [-0.3, -0.25) is 0 Å². The maximum atomic E-state index is 14.1. The second-order valence-corrected chi connectivity index (χ2v) is 5.64. The highest BCUT2D eigenvalue weighted by Crippen LogP contribution is 2.26. The summed E-state index contributed by atoms with van der Waals surface area (Å²) >= 11 is 0. The van der Waals surface area contributed by atoms with Gasteiger partial charge in [0.2, 0.25) is 0 Å². The molecule has 0 aliphatic rings. The fourth-order valence-corrected chi connectivity index (χ4v) is 2.22. The summed E-state index contributed by atoms with van der Waals surface area (Å²) in [7, 11) is 0. The Hall–Kier alpha value is -1.09. The van der Waals surface area contributed by atoms with Gasteiger partial charge in [0, 0.05) is 19.6 Å². The first kappa shape index (κ1) is 15.0. The van der Waals surface area contributed by atoms with E-state index >= 15 is 0 Å². The van der Waals surface area contributed by atoms with Crippen molar-refractivity contribution in [2.75, 3.05) is 18.0 Å². The molecule has 0 aliphatic heterocycles. The summed E-state index contributed by atoms with van der Waals surface area (Å²) in [6.07, 6.45) is 0. The molecule has 0 saturated heterocycles. The van der Waals surface area contributed by atoms with E-state index in [1.807, 2.05) is 6.07 Å². The van der Waals surface area contributed by atoms with E-state index in [1.54, 1.807) is 6.07 Å². The summed E-state index contributed by atoms with van der Waals surface area (Å²) in [5.41, 5.74) is 7.29. The van der Waals surface area contributed by atoms with Gasteiger partial charge in [-0.15, -0.1) is 0 Å². The summed E-state index contributed by atoms with van der Waals surface area (Å²) in [5, 5.41) is 0. The molecule has 102 valence electrons. The first-order valence-corrected chi connectivity index (χ1v) is 6.68. The minimum absolute atomic E-state index is 0.167. The van der Waals surface area contributed by atoms with E-state index in [0.717, 1.165) is 18.7 Å². The lowest BCUT2D eigenvalue weighted by Crippen LogP contribution is -2.33. The second kappa shape index (κ2) is 6.74. The highest BCUT2D eigenvalue weighted by Gasteiger charge is 2.17. The molecule has 0 radical (unpaired) electrons. The normalized spacial score (nSPS) is 11.3. The Labute approximate surface area is 110 Å². The quantitative estimate of drug-likeness (QED) is 0.840. The number of nitrogens with zero attached hydrogens (tertiary/aromatic N) is 1. The largest absolute Gasteiger partial charge is 0.368 e. The molecule has 0 heterocycles. The summed E-state index contributed by atoms with van der Waals surface area (Å²) in [4.78, 5) is 2.13. The molecule has 1 aromatic rings. The monoisotopic (exact) mass is 252 g/mol. The third-order valence-electron chi connectivity index (χ3n) is 2.78. The molecule has 0 aromatic heterocycles. The van der Waals surface area contributed by atoms with Crippen molar-refractivity contribution in [1.29, 1.82) is 0 Å². The molecule has 18 heavy (non-hydrogen) atoms. The number of halogens is 1. The molecule has 2 nitrogen and oxygen atoms in total. The van der Waals surface area contributed by atoms with E-state index < -0.39 is 0 Å². The molecule has 1 rings (SSSR count). The lowest BCUT2D eigenvalue weighted by Gasteiger charge is -2.30. The van der Waals surface area contributed by atoms with Gasteiger partial charge in [0.15, 0.2) is 0 Å². The maximum Gasteiger partial charge on any atom is 0.146 e. The molecule has 0 amide bonds. The van der Waals surface area contributed by atoms with Crippen LogP contribution in [0.5, 0.6) is 0 Å². The van der Waals surface area contributed by atoms with Crippen molar-refractivity contribution in [2.24, 2.45) is 17.6 Å². The van der Waals surface area contributed by atoms with Crippen LogP contribution in [0.25, 0.3) is 0 Å². The third kappa shape index (κ3) is 3.98. The summed E-state index contributed by atoms with van der Waals surface area (Å²) in [5.74, 6) is 0.821. The molecule has 0 aliphatic carbocycles. The minimum Gasteiger partial charge on any atom is -0.368 e. The van der Waals surface area contributed by atoms with Crippen LogP contribution in [0.2, 0.25) is 0 Å². The van der Waals surface area contributed by atoms with E-state index in [-0.39, 0.29) is 5.82 Å². The topological polar surface area (TPSA) is 29.3 Å². The van der Waals surface area contributed by atoms with Gasteiger partial charge in [-0.2, -0.15) is 0 Å². The van der Waals surface area contributed by atoms with Gasteiger partial charge in [0.25, 0.3) is 0 Å². The van der Waals surface area contributed by atoms with Gasteiger partial charge in [-0.1, -0.05) is 39.8 Å². The van der Waals surface area contributed by atoms with Crippen molar-refractivity contribution in [3.05, 3.63) is 29.6 Å².